The van der Waals surface area contributed by atoms with Gasteiger partial charge in [-0.15, -0.1) is 0 Å². The molecule has 2 saturated heterocycles. The van der Waals surface area contributed by atoms with Crippen molar-refractivity contribution in [3.8, 4) is 11.5 Å². The lowest BCUT2D eigenvalue weighted by Gasteiger charge is -2.24. The first-order valence-corrected chi connectivity index (χ1v) is 10.3. The molecule has 0 bridgehead atoms. The zero-order valence-electron chi connectivity index (χ0n) is 13.0. The van der Waals surface area contributed by atoms with Gasteiger partial charge < -0.3 is 14.4 Å². The molecule has 9 heteroatoms. The molecule has 1 aromatic rings. The third-order valence-electron chi connectivity index (χ3n) is 4.22. The molecular formula is C15H16N2O5S2. The van der Waals surface area contributed by atoms with E-state index in [0.29, 0.717) is 23.1 Å². The molecule has 4 rings (SSSR count). The lowest BCUT2D eigenvalue weighted by molar-refractivity contribution is -0.117. The van der Waals surface area contributed by atoms with Crippen molar-refractivity contribution in [2.24, 2.45) is 4.99 Å². The Kier molecular flexibility index (Phi) is 3.72. The predicted molar refractivity (Wildman–Crippen MR) is 91.6 cm³/mol. The summed E-state index contributed by atoms with van der Waals surface area (Å²) in [5, 5.41) is 0.453. The van der Waals surface area contributed by atoms with E-state index in [1.807, 2.05) is 17.0 Å². The van der Waals surface area contributed by atoms with Crippen LogP contribution in [0.5, 0.6) is 11.5 Å². The molecule has 24 heavy (non-hydrogen) atoms. The quantitative estimate of drug-likeness (QED) is 0.780. The number of nitrogens with zero attached hydrogens (tertiary/aromatic N) is 2. The van der Waals surface area contributed by atoms with Crippen LogP contribution in [0.15, 0.2) is 23.2 Å². The number of ether oxygens (including phenoxy) is 2. The highest BCUT2D eigenvalue weighted by atomic mass is 32.2. The van der Waals surface area contributed by atoms with Gasteiger partial charge in [-0.2, -0.15) is 4.99 Å². The minimum Gasteiger partial charge on any atom is -0.454 e. The number of sulfone groups is 1. The van der Waals surface area contributed by atoms with Crippen LogP contribution in [0.1, 0.15) is 13.3 Å². The van der Waals surface area contributed by atoms with Crippen LogP contribution in [0.3, 0.4) is 0 Å². The van der Waals surface area contributed by atoms with Crippen molar-refractivity contribution in [3.05, 3.63) is 18.2 Å². The summed E-state index contributed by atoms with van der Waals surface area (Å²) in [6.07, 6.45) is 0.312. The highest BCUT2D eigenvalue weighted by Crippen LogP contribution is 2.43. The Bertz CT molecular complexity index is 836. The highest BCUT2D eigenvalue weighted by molar-refractivity contribution is 8.16. The lowest BCUT2D eigenvalue weighted by atomic mass is 10.2. The Morgan fingerprint density at radius 3 is 2.92 bits per heavy atom. The van der Waals surface area contributed by atoms with Crippen LogP contribution in [0.4, 0.5) is 5.69 Å². The molecule has 3 heterocycles. The molecule has 0 spiro atoms. The first-order chi connectivity index (χ1) is 11.5. The van der Waals surface area contributed by atoms with E-state index < -0.39 is 9.84 Å². The molecule has 128 valence electrons. The number of fused-ring (bicyclic) bond motifs is 2. The maximum Gasteiger partial charge on any atom is 0.247 e. The van der Waals surface area contributed by atoms with Gasteiger partial charge in [0.25, 0.3) is 0 Å². The van der Waals surface area contributed by atoms with Gasteiger partial charge in [-0.1, -0.05) is 18.7 Å². The number of amidine groups is 1. The molecule has 2 fully saturated rings. The van der Waals surface area contributed by atoms with E-state index in [4.69, 9.17) is 9.47 Å². The van der Waals surface area contributed by atoms with Crippen LogP contribution in [0.2, 0.25) is 0 Å². The van der Waals surface area contributed by atoms with E-state index in [1.54, 1.807) is 13.0 Å². The van der Waals surface area contributed by atoms with Gasteiger partial charge in [0.15, 0.2) is 26.5 Å². The largest absolute Gasteiger partial charge is 0.454 e. The number of aliphatic imine (C=N–C) groups is 1. The van der Waals surface area contributed by atoms with Gasteiger partial charge in [0.05, 0.1) is 17.5 Å². The van der Waals surface area contributed by atoms with Crippen molar-refractivity contribution < 1.29 is 22.7 Å². The van der Waals surface area contributed by atoms with Crippen LogP contribution < -0.4 is 14.4 Å². The van der Waals surface area contributed by atoms with Crippen molar-refractivity contribution in [2.75, 3.05) is 23.2 Å². The summed E-state index contributed by atoms with van der Waals surface area (Å²) in [6.45, 7) is 1.92. The van der Waals surface area contributed by atoms with Crippen LogP contribution >= 0.6 is 11.8 Å². The second-order valence-corrected chi connectivity index (χ2v) is 9.21. The number of carbonyl (C=O) groups is 1. The number of rotatable bonds is 2. The van der Waals surface area contributed by atoms with E-state index in [-0.39, 0.29) is 35.5 Å². The molecule has 3 aliphatic rings. The van der Waals surface area contributed by atoms with Gasteiger partial charge in [-0.3, -0.25) is 4.79 Å². The molecule has 2 atom stereocenters. The Labute approximate surface area is 143 Å². The van der Waals surface area contributed by atoms with Crippen molar-refractivity contribution in [2.45, 2.75) is 24.6 Å². The number of thioether (sulfide) groups is 1. The molecule has 0 radical (unpaired) electrons. The monoisotopic (exact) mass is 368 g/mol. The predicted octanol–water partition coefficient (Wildman–Crippen LogP) is 1.43. The number of hydrogen-bond acceptors (Lipinski definition) is 6. The van der Waals surface area contributed by atoms with E-state index >= 15 is 0 Å². The Hall–Kier alpha value is -1.74. The van der Waals surface area contributed by atoms with E-state index in [0.717, 1.165) is 5.69 Å². The van der Waals surface area contributed by atoms with Gasteiger partial charge in [0.1, 0.15) is 0 Å². The molecule has 0 N–H and O–H groups in total. The van der Waals surface area contributed by atoms with Crippen LogP contribution in [-0.2, 0) is 14.6 Å². The fourth-order valence-electron chi connectivity index (χ4n) is 3.09. The standard InChI is InChI=1S/C15H16N2O5S2/c1-2-14(18)16-15-17(10-6-24(19,20)7-13(10)23-15)9-3-4-11-12(5-9)22-8-21-11/h3-5,10,13H,2,6-8H2,1H3/t10-,13+/m1/s1. The van der Waals surface area contributed by atoms with Crippen molar-refractivity contribution in [3.63, 3.8) is 0 Å². The van der Waals surface area contributed by atoms with Gasteiger partial charge in [0, 0.05) is 23.4 Å². The molecule has 1 amide bonds. The molecule has 3 aliphatic heterocycles. The maximum atomic E-state index is 12.0. The second kappa shape index (κ2) is 5.66. The van der Waals surface area contributed by atoms with Crippen molar-refractivity contribution in [1.82, 2.24) is 0 Å². The van der Waals surface area contributed by atoms with Crippen LogP contribution in [-0.4, -0.2) is 49.1 Å². The molecule has 0 aliphatic carbocycles. The molecular weight excluding hydrogens is 352 g/mol. The molecule has 1 aromatic carbocycles. The SMILES string of the molecule is CCC(=O)N=C1S[C@H]2CS(=O)(=O)C[C@H]2N1c1ccc2c(c1)OCO2. The second-order valence-electron chi connectivity index (χ2n) is 5.85. The fourth-order valence-corrected chi connectivity index (χ4v) is 7.02. The van der Waals surface area contributed by atoms with E-state index in [9.17, 15) is 13.2 Å². The number of anilines is 1. The molecule has 0 saturated carbocycles. The zero-order valence-corrected chi connectivity index (χ0v) is 14.6. The summed E-state index contributed by atoms with van der Waals surface area (Å²) in [7, 11) is -3.07. The third kappa shape index (κ3) is 2.65. The summed E-state index contributed by atoms with van der Waals surface area (Å²) in [4.78, 5) is 17.8. The summed E-state index contributed by atoms with van der Waals surface area (Å²) in [6, 6.07) is 5.22. The van der Waals surface area contributed by atoms with Crippen molar-refractivity contribution >= 4 is 38.4 Å². The van der Waals surface area contributed by atoms with Crippen LogP contribution in [0, 0.1) is 0 Å². The summed E-state index contributed by atoms with van der Waals surface area (Å²) >= 11 is 1.37. The number of carbonyl (C=O) groups excluding carboxylic acids is 1. The smallest absolute Gasteiger partial charge is 0.247 e. The maximum absolute atomic E-state index is 12.0. The van der Waals surface area contributed by atoms with Crippen LogP contribution in [0.25, 0.3) is 0 Å². The number of amides is 1. The molecule has 7 nitrogen and oxygen atoms in total. The van der Waals surface area contributed by atoms with E-state index in [2.05, 4.69) is 4.99 Å². The summed E-state index contributed by atoms with van der Waals surface area (Å²) < 4.78 is 34.7. The number of hydrogen-bond donors (Lipinski definition) is 0. The van der Waals surface area contributed by atoms with Gasteiger partial charge in [0.2, 0.25) is 12.7 Å². The lowest BCUT2D eigenvalue weighted by Crippen LogP contribution is -2.37. The minimum atomic E-state index is -3.07. The Balaban J connectivity index is 1.75. The van der Waals surface area contributed by atoms with Gasteiger partial charge >= 0.3 is 0 Å². The fraction of sp³-hybridized carbons (Fsp3) is 0.467. The summed E-state index contributed by atoms with van der Waals surface area (Å²) in [5.41, 5.74) is 0.763. The topological polar surface area (TPSA) is 85.3 Å². The van der Waals surface area contributed by atoms with E-state index in [1.165, 1.54) is 11.8 Å². The average Bonchev–Trinajstić information content (AvgIpc) is 3.18. The molecule has 0 unspecified atom stereocenters. The highest BCUT2D eigenvalue weighted by Gasteiger charge is 2.49. The normalized spacial score (nSPS) is 28.4. The first-order valence-electron chi connectivity index (χ1n) is 7.64. The zero-order chi connectivity index (χ0) is 16.9. The summed E-state index contributed by atoms with van der Waals surface area (Å²) in [5.74, 6) is 1.24. The Morgan fingerprint density at radius 2 is 2.12 bits per heavy atom. The number of benzene rings is 1. The minimum absolute atomic E-state index is 0.0679. The van der Waals surface area contributed by atoms with Gasteiger partial charge in [-0.05, 0) is 12.1 Å². The molecule has 0 aromatic heterocycles. The first kappa shape index (κ1) is 15.8. The van der Waals surface area contributed by atoms with Gasteiger partial charge in [-0.25, -0.2) is 8.42 Å². The third-order valence-corrected chi connectivity index (χ3v) is 7.43. The Morgan fingerprint density at radius 1 is 1.33 bits per heavy atom. The van der Waals surface area contributed by atoms with Crippen molar-refractivity contribution in [1.29, 1.82) is 0 Å². The average molecular weight is 368 g/mol.